The van der Waals surface area contributed by atoms with Gasteiger partial charge in [0.15, 0.2) is 0 Å². The van der Waals surface area contributed by atoms with Crippen LogP contribution in [0, 0.1) is 5.92 Å². The number of hydrogen-bond acceptors (Lipinski definition) is 3. The molecule has 1 fully saturated rings. The highest BCUT2D eigenvalue weighted by atomic mass is 35.5. The van der Waals surface area contributed by atoms with Crippen molar-refractivity contribution >= 4 is 52.9 Å². The van der Waals surface area contributed by atoms with Crippen molar-refractivity contribution in [2.24, 2.45) is 5.92 Å². The second-order valence-corrected chi connectivity index (χ2v) is 7.03. The monoisotopic (exact) mass is 342 g/mol. The van der Waals surface area contributed by atoms with Crippen LogP contribution in [0.1, 0.15) is 30.6 Å². The number of amides is 1. The van der Waals surface area contributed by atoms with E-state index >= 15 is 0 Å². The van der Waals surface area contributed by atoms with E-state index in [1.165, 1.54) is 11.3 Å². The van der Waals surface area contributed by atoms with Crippen LogP contribution in [-0.2, 0) is 0 Å². The van der Waals surface area contributed by atoms with Gasteiger partial charge in [-0.15, -0.1) is 23.7 Å². The van der Waals surface area contributed by atoms with Gasteiger partial charge in [0.05, 0.1) is 9.90 Å². The van der Waals surface area contributed by atoms with Gasteiger partial charge in [-0.3, -0.25) is 4.79 Å². The Morgan fingerprint density at radius 1 is 1.47 bits per heavy atom. The Hall–Kier alpha value is -0.000000000000000222. The molecule has 3 nitrogen and oxygen atoms in total. The lowest BCUT2D eigenvalue weighted by atomic mass is 9.89. The molecule has 2 N–H and O–H groups in total. The maximum Gasteiger partial charge on any atom is 0.254 e. The predicted molar refractivity (Wildman–Crippen MR) is 84.1 cm³/mol. The molecule has 7 heteroatoms. The van der Waals surface area contributed by atoms with Crippen LogP contribution in [0.25, 0.3) is 0 Å². The molecule has 19 heavy (non-hydrogen) atoms. The molecule has 2 rings (SSSR count). The fourth-order valence-corrected chi connectivity index (χ4v) is 3.79. The molecule has 0 radical (unpaired) electrons. The van der Waals surface area contributed by atoms with Gasteiger partial charge in [-0.25, -0.2) is 0 Å². The van der Waals surface area contributed by atoms with Crippen molar-refractivity contribution < 1.29 is 4.79 Å². The Balaban J connectivity index is 0.00000180. The normalized spacial score (nSPS) is 26.6. The van der Waals surface area contributed by atoms with Gasteiger partial charge in [-0.05, 0) is 31.9 Å². The number of piperidine rings is 1. The summed E-state index contributed by atoms with van der Waals surface area (Å²) in [5, 5.41) is 6.42. The second-order valence-electron chi connectivity index (χ2n) is 4.75. The Morgan fingerprint density at radius 2 is 2.16 bits per heavy atom. The zero-order valence-electron chi connectivity index (χ0n) is 10.7. The van der Waals surface area contributed by atoms with Crippen molar-refractivity contribution in [1.82, 2.24) is 10.6 Å². The molecule has 0 aliphatic carbocycles. The van der Waals surface area contributed by atoms with Gasteiger partial charge in [0.1, 0.15) is 4.34 Å². The van der Waals surface area contributed by atoms with Gasteiger partial charge < -0.3 is 10.6 Å². The Kier molecular flexibility index (Phi) is 6.40. The van der Waals surface area contributed by atoms with Crippen LogP contribution >= 0.6 is 46.9 Å². The summed E-state index contributed by atoms with van der Waals surface area (Å²) in [5.41, 5.74) is 0.469. The Morgan fingerprint density at radius 3 is 2.68 bits per heavy atom. The van der Waals surface area contributed by atoms with Crippen LogP contribution in [0.2, 0.25) is 8.67 Å². The van der Waals surface area contributed by atoms with E-state index in [9.17, 15) is 4.79 Å². The van der Waals surface area contributed by atoms with Gasteiger partial charge in [0, 0.05) is 12.1 Å². The van der Waals surface area contributed by atoms with E-state index in [1.54, 1.807) is 6.07 Å². The zero-order chi connectivity index (χ0) is 13.3. The number of carbonyl (C=O) groups is 1. The Labute approximate surface area is 133 Å². The zero-order valence-corrected chi connectivity index (χ0v) is 13.8. The molecule has 0 spiro atoms. The standard InChI is InChI=1S/C12H16Cl2N2OS.ClH/c1-6-3-4-15-7(2)10(6)16-12(17)8-5-9(13)18-11(8)14;/h5-7,10,15H,3-4H2,1-2H3,(H,16,17);1H. The van der Waals surface area contributed by atoms with Crippen LogP contribution in [0.4, 0.5) is 0 Å². The van der Waals surface area contributed by atoms with Crippen molar-refractivity contribution in [3.05, 3.63) is 20.3 Å². The molecule has 1 aromatic heterocycles. The first-order valence-corrected chi connectivity index (χ1v) is 7.55. The van der Waals surface area contributed by atoms with Gasteiger partial charge in [0.2, 0.25) is 0 Å². The van der Waals surface area contributed by atoms with E-state index in [1.807, 2.05) is 0 Å². The molecule has 1 aliphatic rings. The van der Waals surface area contributed by atoms with E-state index in [0.29, 0.717) is 20.2 Å². The summed E-state index contributed by atoms with van der Waals surface area (Å²) in [5.74, 6) is 0.314. The predicted octanol–water partition coefficient (Wildman–Crippen LogP) is 3.59. The number of carbonyl (C=O) groups excluding carboxylic acids is 1. The number of hydrogen-bond donors (Lipinski definition) is 2. The summed E-state index contributed by atoms with van der Waals surface area (Å²) >= 11 is 13.1. The van der Waals surface area contributed by atoms with Crippen LogP contribution < -0.4 is 10.6 Å². The van der Waals surface area contributed by atoms with Crippen LogP contribution in [0.5, 0.6) is 0 Å². The smallest absolute Gasteiger partial charge is 0.254 e. The lowest BCUT2D eigenvalue weighted by Gasteiger charge is -2.35. The lowest BCUT2D eigenvalue weighted by Crippen LogP contribution is -2.55. The molecule has 1 aromatic rings. The lowest BCUT2D eigenvalue weighted by molar-refractivity contribution is 0.0898. The van der Waals surface area contributed by atoms with E-state index < -0.39 is 0 Å². The maximum absolute atomic E-state index is 12.2. The minimum atomic E-state index is -0.143. The molecule has 3 atom stereocenters. The molecule has 1 amide bonds. The van der Waals surface area contributed by atoms with Crippen LogP contribution in [-0.4, -0.2) is 24.5 Å². The van der Waals surface area contributed by atoms with E-state index in [4.69, 9.17) is 23.2 Å². The summed E-state index contributed by atoms with van der Waals surface area (Å²) in [6.07, 6.45) is 1.06. The average molecular weight is 344 g/mol. The van der Waals surface area contributed by atoms with Crippen LogP contribution in [0.15, 0.2) is 6.07 Å². The van der Waals surface area contributed by atoms with Gasteiger partial charge in [-0.2, -0.15) is 0 Å². The quantitative estimate of drug-likeness (QED) is 0.861. The average Bonchev–Trinajstić information content (AvgIpc) is 2.63. The third-order valence-corrected chi connectivity index (χ3v) is 4.90. The summed E-state index contributed by atoms with van der Waals surface area (Å²) in [7, 11) is 0. The van der Waals surface area contributed by atoms with E-state index in [0.717, 1.165) is 13.0 Å². The van der Waals surface area contributed by atoms with Crippen LogP contribution in [0.3, 0.4) is 0 Å². The third-order valence-electron chi connectivity index (χ3n) is 3.42. The van der Waals surface area contributed by atoms with Gasteiger partial charge in [0.25, 0.3) is 5.91 Å². The van der Waals surface area contributed by atoms with Crippen molar-refractivity contribution in [2.75, 3.05) is 6.54 Å². The highest BCUT2D eigenvalue weighted by Crippen LogP contribution is 2.31. The minimum absolute atomic E-state index is 0. The number of halogens is 3. The first-order valence-electron chi connectivity index (χ1n) is 5.98. The molecule has 3 unspecified atom stereocenters. The molecule has 108 valence electrons. The number of nitrogens with one attached hydrogen (secondary N) is 2. The summed E-state index contributed by atoms with van der Waals surface area (Å²) in [4.78, 5) is 12.2. The van der Waals surface area contributed by atoms with Crippen molar-refractivity contribution in [3.63, 3.8) is 0 Å². The van der Waals surface area contributed by atoms with Crippen molar-refractivity contribution in [2.45, 2.75) is 32.4 Å². The number of rotatable bonds is 2. The molecule has 1 aliphatic heterocycles. The fourth-order valence-electron chi connectivity index (χ4n) is 2.33. The second kappa shape index (κ2) is 7.14. The Bertz CT molecular complexity index is 442. The SMILES string of the molecule is CC1CCNC(C)C1NC(=O)c1cc(Cl)sc1Cl.Cl. The summed E-state index contributed by atoms with van der Waals surface area (Å²) in [6.45, 7) is 5.24. The largest absolute Gasteiger partial charge is 0.347 e. The molecule has 1 saturated heterocycles. The van der Waals surface area contributed by atoms with E-state index in [-0.39, 0.29) is 30.4 Å². The third kappa shape index (κ3) is 3.99. The first-order chi connectivity index (χ1) is 8.49. The fraction of sp³-hybridized carbons (Fsp3) is 0.583. The topological polar surface area (TPSA) is 41.1 Å². The molecule has 0 saturated carbocycles. The first kappa shape index (κ1) is 17.1. The molecular weight excluding hydrogens is 327 g/mol. The van der Waals surface area contributed by atoms with Crippen molar-refractivity contribution in [1.29, 1.82) is 0 Å². The van der Waals surface area contributed by atoms with Gasteiger partial charge in [-0.1, -0.05) is 30.1 Å². The number of thiophene rings is 1. The maximum atomic E-state index is 12.2. The highest BCUT2D eigenvalue weighted by molar-refractivity contribution is 7.20. The molecular formula is C12H17Cl3N2OS. The highest BCUT2D eigenvalue weighted by Gasteiger charge is 2.29. The summed E-state index contributed by atoms with van der Waals surface area (Å²) in [6, 6.07) is 2.02. The van der Waals surface area contributed by atoms with E-state index in [2.05, 4.69) is 24.5 Å². The molecule has 0 bridgehead atoms. The van der Waals surface area contributed by atoms with Gasteiger partial charge >= 0.3 is 0 Å². The molecule has 0 aromatic carbocycles. The summed E-state index contributed by atoms with van der Waals surface area (Å²) < 4.78 is 0.981. The molecule has 2 heterocycles. The van der Waals surface area contributed by atoms with Crippen molar-refractivity contribution in [3.8, 4) is 0 Å². The minimum Gasteiger partial charge on any atom is -0.347 e.